The smallest absolute Gasteiger partial charge is 0.338 e. The Labute approximate surface area is 133 Å². The number of rotatable bonds is 4. The summed E-state index contributed by atoms with van der Waals surface area (Å²) >= 11 is 0. The van der Waals surface area contributed by atoms with Crippen LogP contribution in [0.25, 0.3) is 0 Å². The second kappa shape index (κ2) is 6.39. The monoisotopic (exact) mass is 313 g/mol. The van der Waals surface area contributed by atoms with Gasteiger partial charge in [0.2, 0.25) is 6.79 Å². The van der Waals surface area contributed by atoms with E-state index in [1.807, 2.05) is 19.1 Å². The zero-order valence-corrected chi connectivity index (χ0v) is 12.5. The van der Waals surface area contributed by atoms with Crippen LogP contribution in [0.4, 0.5) is 5.69 Å². The number of aryl methyl sites for hydroxylation is 1. The number of benzene rings is 2. The lowest BCUT2D eigenvalue weighted by atomic mass is 10.2. The van der Waals surface area contributed by atoms with Crippen molar-refractivity contribution in [2.45, 2.75) is 6.92 Å². The van der Waals surface area contributed by atoms with E-state index in [-0.39, 0.29) is 13.4 Å². The lowest BCUT2D eigenvalue weighted by Gasteiger charge is -2.07. The minimum absolute atomic E-state index is 0.132. The van der Waals surface area contributed by atoms with Gasteiger partial charge in [-0.3, -0.25) is 4.79 Å². The van der Waals surface area contributed by atoms with Crippen molar-refractivity contribution in [1.82, 2.24) is 0 Å². The molecule has 1 heterocycles. The molecule has 0 saturated heterocycles. The average molecular weight is 313 g/mol. The van der Waals surface area contributed by atoms with Crippen molar-refractivity contribution in [3.63, 3.8) is 0 Å². The van der Waals surface area contributed by atoms with E-state index in [1.165, 1.54) is 6.07 Å². The lowest BCUT2D eigenvalue weighted by molar-refractivity contribution is -0.119. The summed E-state index contributed by atoms with van der Waals surface area (Å²) in [5.74, 6) is 0.0764. The number of nitrogens with one attached hydrogen (secondary N) is 1. The molecule has 1 aliphatic rings. The number of hydrogen-bond donors (Lipinski definition) is 1. The van der Waals surface area contributed by atoms with Crippen molar-refractivity contribution in [3.05, 3.63) is 53.6 Å². The Balaban J connectivity index is 1.54. The summed E-state index contributed by atoms with van der Waals surface area (Å²) in [4.78, 5) is 23.7. The van der Waals surface area contributed by atoms with Gasteiger partial charge in [0.25, 0.3) is 5.91 Å². The minimum atomic E-state index is -0.595. The Kier molecular flexibility index (Phi) is 4.14. The molecular formula is C17H15NO5. The molecule has 0 radical (unpaired) electrons. The molecule has 6 nitrogen and oxygen atoms in total. The summed E-state index contributed by atoms with van der Waals surface area (Å²) in [5, 5.41) is 2.66. The number of anilines is 1. The molecular weight excluding hydrogens is 298 g/mol. The molecule has 0 aromatic heterocycles. The summed E-state index contributed by atoms with van der Waals surface area (Å²) in [6.07, 6.45) is 0. The maximum absolute atomic E-state index is 11.9. The quantitative estimate of drug-likeness (QED) is 0.878. The number of carbonyl (C=O) groups is 2. The maximum Gasteiger partial charge on any atom is 0.338 e. The highest BCUT2D eigenvalue weighted by Crippen LogP contribution is 2.32. The predicted octanol–water partition coefficient (Wildman–Crippen LogP) is 2.52. The molecule has 1 amide bonds. The number of carbonyl (C=O) groups excluding carboxylic acids is 2. The van der Waals surface area contributed by atoms with E-state index < -0.39 is 11.9 Å². The topological polar surface area (TPSA) is 73.9 Å². The summed E-state index contributed by atoms with van der Waals surface area (Å²) in [7, 11) is 0. The van der Waals surface area contributed by atoms with Crippen LogP contribution in [-0.4, -0.2) is 25.3 Å². The third kappa shape index (κ3) is 3.60. The Hall–Kier alpha value is -3.02. The van der Waals surface area contributed by atoms with Gasteiger partial charge in [0.05, 0.1) is 5.56 Å². The van der Waals surface area contributed by atoms with Gasteiger partial charge >= 0.3 is 5.97 Å². The van der Waals surface area contributed by atoms with Crippen LogP contribution in [-0.2, 0) is 9.53 Å². The van der Waals surface area contributed by atoms with Crippen LogP contribution in [0.3, 0.4) is 0 Å². The molecule has 118 valence electrons. The molecule has 2 aromatic rings. The van der Waals surface area contributed by atoms with E-state index >= 15 is 0 Å². The van der Waals surface area contributed by atoms with E-state index in [9.17, 15) is 9.59 Å². The van der Waals surface area contributed by atoms with Crippen LogP contribution < -0.4 is 14.8 Å². The molecule has 3 rings (SSSR count). The van der Waals surface area contributed by atoms with Crippen LogP contribution in [0.15, 0.2) is 42.5 Å². The first-order valence-corrected chi connectivity index (χ1v) is 7.05. The summed E-state index contributed by atoms with van der Waals surface area (Å²) < 4.78 is 15.4. The van der Waals surface area contributed by atoms with Gasteiger partial charge in [0.15, 0.2) is 18.1 Å². The summed E-state index contributed by atoms with van der Waals surface area (Å²) in [6, 6.07) is 12.1. The highest BCUT2D eigenvalue weighted by atomic mass is 16.7. The normalized spacial score (nSPS) is 11.9. The number of esters is 1. The van der Waals surface area contributed by atoms with Gasteiger partial charge in [-0.1, -0.05) is 17.7 Å². The Morgan fingerprint density at radius 3 is 2.61 bits per heavy atom. The molecule has 1 N–H and O–H groups in total. The Bertz CT molecular complexity index is 739. The number of hydrogen-bond acceptors (Lipinski definition) is 5. The number of amides is 1. The molecule has 1 aliphatic heterocycles. The first-order valence-electron chi connectivity index (χ1n) is 7.05. The molecule has 0 unspecified atom stereocenters. The van der Waals surface area contributed by atoms with Crippen LogP contribution in [0, 0.1) is 6.92 Å². The average Bonchev–Trinajstić information content (AvgIpc) is 3.02. The van der Waals surface area contributed by atoms with Gasteiger partial charge < -0.3 is 19.5 Å². The highest BCUT2D eigenvalue weighted by Gasteiger charge is 2.17. The van der Waals surface area contributed by atoms with Crippen LogP contribution in [0.5, 0.6) is 11.5 Å². The third-order valence-electron chi connectivity index (χ3n) is 3.28. The molecule has 0 bridgehead atoms. The van der Waals surface area contributed by atoms with Crippen LogP contribution in [0.1, 0.15) is 15.9 Å². The van der Waals surface area contributed by atoms with Gasteiger partial charge in [-0.25, -0.2) is 4.79 Å². The van der Waals surface area contributed by atoms with E-state index in [0.29, 0.717) is 22.7 Å². The van der Waals surface area contributed by atoms with Gasteiger partial charge in [-0.15, -0.1) is 0 Å². The minimum Gasteiger partial charge on any atom is -0.454 e. The van der Waals surface area contributed by atoms with Crippen molar-refractivity contribution in [2.24, 2.45) is 0 Å². The van der Waals surface area contributed by atoms with Crippen LogP contribution in [0.2, 0.25) is 0 Å². The predicted molar refractivity (Wildman–Crippen MR) is 82.7 cm³/mol. The van der Waals surface area contributed by atoms with E-state index in [2.05, 4.69) is 5.32 Å². The molecule has 0 saturated carbocycles. The molecule has 0 atom stereocenters. The molecule has 2 aromatic carbocycles. The van der Waals surface area contributed by atoms with Crippen molar-refractivity contribution < 1.29 is 23.8 Å². The number of ether oxygens (including phenoxy) is 3. The number of fused-ring (bicyclic) bond motifs is 1. The first-order chi connectivity index (χ1) is 11.1. The van der Waals surface area contributed by atoms with Crippen molar-refractivity contribution >= 4 is 17.6 Å². The molecule has 0 aliphatic carbocycles. The fourth-order valence-corrected chi connectivity index (χ4v) is 2.07. The second-order valence-corrected chi connectivity index (χ2v) is 5.06. The zero-order chi connectivity index (χ0) is 16.2. The van der Waals surface area contributed by atoms with E-state index in [1.54, 1.807) is 24.3 Å². The van der Waals surface area contributed by atoms with Gasteiger partial charge in [0.1, 0.15) is 0 Å². The standard InChI is InChI=1S/C17H15NO5/c1-11-2-5-13(6-3-11)18-16(19)9-21-17(20)12-4-7-14-15(8-12)23-10-22-14/h2-8H,9-10H2,1H3,(H,18,19). The van der Waals surface area contributed by atoms with Gasteiger partial charge in [-0.2, -0.15) is 0 Å². The van der Waals surface area contributed by atoms with Gasteiger partial charge in [-0.05, 0) is 37.3 Å². The zero-order valence-electron chi connectivity index (χ0n) is 12.5. The highest BCUT2D eigenvalue weighted by molar-refractivity contribution is 5.95. The lowest BCUT2D eigenvalue weighted by Crippen LogP contribution is -2.20. The molecule has 6 heteroatoms. The third-order valence-corrected chi connectivity index (χ3v) is 3.28. The fraction of sp³-hybridized carbons (Fsp3) is 0.176. The Morgan fingerprint density at radius 1 is 1.09 bits per heavy atom. The van der Waals surface area contributed by atoms with E-state index in [0.717, 1.165) is 5.56 Å². The fourth-order valence-electron chi connectivity index (χ4n) is 2.07. The molecule has 23 heavy (non-hydrogen) atoms. The first kappa shape index (κ1) is 14.9. The second-order valence-electron chi connectivity index (χ2n) is 5.06. The largest absolute Gasteiger partial charge is 0.454 e. The maximum atomic E-state index is 11.9. The van der Waals surface area contributed by atoms with Crippen LogP contribution >= 0.6 is 0 Å². The SMILES string of the molecule is Cc1ccc(NC(=O)COC(=O)c2ccc3c(c2)OCO3)cc1. The van der Waals surface area contributed by atoms with Crippen molar-refractivity contribution in [1.29, 1.82) is 0 Å². The van der Waals surface area contributed by atoms with Crippen molar-refractivity contribution in [2.75, 3.05) is 18.7 Å². The molecule has 0 fully saturated rings. The Morgan fingerprint density at radius 2 is 1.83 bits per heavy atom. The molecule has 0 spiro atoms. The summed E-state index contributed by atoms with van der Waals surface area (Å²) in [5.41, 5.74) is 2.05. The van der Waals surface area contributed by atoms with E-state index in [4.69, 9.17) is 14.2 Å². The van der Waals surface area contributed by atoms with Crippen molar-refractivity contribution in [3.8, 4) is 11.5 Å². The van der Waals surface area contributed by atoms with Gasteiger partial charge in [0, 0.05) is 5.69 Å². The summed E-state index contributed by atoms with van der Waals surface area (Å²) in [6.45, 7) is 1.73.